The predicted molar refractivity (Wildman–Crippen MR) is 110 cm³/mol. The summed E-state index contributed by atoms with van der Waals surface area (Å²) in [5.41, 5.74) is 3.44. The first-order valence-electron chi connectivity index (χ1n) is 9.06. The Hall–Kier alpha value is -3.33. The molecule has 3 aromatic carbocycles. The van der Waals surface area contributed by atoms with Crippen molar-refractivity contribution in [3.05, 3.63) is 101 Å². The van der Waals surface area contributed by atoms with Gasteiger partial charge in [0.05, 0.1) is 7.11 Å². The van der Waals surface area contributed by atoms with Crippen LogP contribution in [0.5, 0.6) is 5.75 Å². The van der Waals surface area contributed by atoms with Crippen LogP contribution in [0.1, 0.15) is 5.56 Å². The first-order valence-corrected chi connectivity index (χ1v) is 9.06. The lowest BCUT2D eigenvalue weighted by Crippen LogP contribution is -2.20. The largest absolute Gasteiger partial charge is 0.497 e. The van der Waals surface area contributed by atoms with Crippen molar-refractivity contribution in [2.45, 2.75) is 13.0 Å². The summed E-state index contributed by atoms with van der Waals surface area (Å²) in [5.74, 6) is 0.823. The normalized spacial score (nSPS) is 10.9. The molecule has 1 aromatic heterocycles. The van der Waals surface area contributed by atoms with Gasteiger partial charge in [0, 0.05) is 18.1 Å². The van der Waals surface area contributed by atoms with Crippen molar-refractivity contribution in [1.29, 1.82) is 0 Å². The molecule has 0 N–H and O–H groups in total. The van der Waals surface area contributed by atoms with Gasteiger partial charge in [0.25, 0.3) is 5.56 Å². The van der Waals surface area contributed by atoms with Crippen LogP contribution in [0.4, 0.5) is 0 Å². The van der Waals surface area contributed by atoms with E-state index in [0.717, 1.165) is 34.1 Å². The molecule has 0 saturated carbocycles. The molecule has 0 atom stereocenters. The van der Waals surface area contributed by atoms with Crippen molar-refractivity contribution in [2.24, 2.45) is 0 Å². The van der Waals surface area contributed by atoms with Crippen LogP contribution in [0, 0.1) is 0 Å². The van der Waals surface area contributed by atoms with Crippen molar-refractivity contribution in [1.82, 2.24) is 4.57 Å². The molecule has 3 heteroatoms. The maximum Gasteiger partial charge on any atom is 0.258 e. The zero-order valence-corrected chi connectivity index (χ0v) is 15.3. The Labute approximate surface area is 158 Å². The van der Waals surface area contributed by atoms with E-state index in [2.05, 4.69) is 18.2 Å². The highest BCUT2D eigenvalue weighted by Gasteiger charge is 2.06. The Morgan fingerprint density at radius 1 is 0.852 bits per heavy atom. The topological polar surface area (TPSA) is 31.2 Å². The van der Waals surface area contributed by atoms with E-state index in [1.165, 1.54) is 5.56 Å². The van der Waals surface area contributed by atoms with Crippen LogP contribution in [0.15, 0.2) is 89.9 Å². The summed E-state index contributed by atoms with van der Waals surface area (Å²) in [6.45, 7) is 0.677. The molecule has 0 aliphatic heterocycles. The molecular weight excluding hydrogens is 334 g/mol. The second-order valence-corrected chi connectivity index (χ2v) is 6.58. The third kappa shape index (κ3) is 3.63. The molecule has 0 spiro atoms. The summed E-state index contributed by atoms with van der Waals surface area (Å²) in [4.78, 5) is 12.8. The molecule has 0 amide bonds. The number of methoxy groups -OCH3 is 1. The van der Waals surface area contributed by atoms with Gasteiger partial charge in [0.15, 0.2) is 0 Å². The Bertz CT molecular complexity index is 1130. The molecule has 4 rings (SSSR count). The van der Waals surface area contributed by atoms with Crippen LogP contribution in [0.25, 0.3) is 21.9 Å². The SMILES string of the molecule is COc1cccc(-c2ccc3c(=O)n(CCc4ccccc4)ccc3c2)c1. The van der Waals surface area contributed by atoms with Crippen molar-refractivity contribution < 1.29 is 4.74 Å². The molecule has 0 bridgehead atoms. The second kappa shape index (κ2) is 7.50. The van der Waals surface area contributed by atoms with E-state index in [1.54, 1.807) is 11.7 Å². The average Bonchev–Trinajstić information content (AvgIpc) is 2.74. The summed E-state index contributed by atoms with van der Waals surface area (Å²) in [6, 6.07) is 26.2. The number of benzene rings is 3. The minimum atomic E-state index is 0.0561. The van der Waals surface area contributed by atoms with Gasteiger partial charge < -0.3 is 9.30 Å². The minimum Gasteiger partial charge on any atom is -0.497 e. The molecule has 3 nitrogen and oxygen atoms in total. The molecular formula is C24H21NO2. The molecule has 134 valence electrons. The van der Waals surface area contributed by atoms with E-state index >= 15 is 0 Å². The van der Waals surface area contributed by atoms with Crippen molar-refractivity contribution in [3.8, 4) is 16.9 Å². The van der Waals surface area contributed by atoms with E-state index in [1.807, 2.05) is 66.9 Å². The molecule has 27 heavy (non-hydrogen) atoms. The average molecular weight is 355 g/mol. The predicted octanol–water partition coefficient (Wildman–Crippen LogP) is 4.92. The van der Waals surface area contributed by atoms with E-state index in [4.69, 9.17) is 4.74 Å². The fourth-order valence-corrected chi connectivity index (χ4v) is 3.34. The van der Waals surface area contributed by atoms with Crippen LogP contribution >= 0.6 is 0 Å². The molecule has 1 heterocycles. The van der Waals surface area contributed by atoms with Gasteiger partial charge in [-0.25, -0.2) is 0 Å². The van der Waals surface area contributed by atoms with Crippen LogP contribution < -0.4 is 10.3 Å². The highest BCUT2D eigenvalue weighted by Crippen LogP contribution is 2.26. The van der Waals surface area contributed by atoms with Crippen LogP contribution in [0.2, 0.25) is 0 Å². The quantitative estimate of drug-likeness (QED) is 0.509. The maximum atomic E-state index is 12.8. The molecule has 0 radical (unpaired) electrons. The van der Waals surface area contributed by atoms with Crippen LogP contribution in [-0.4, -0.2) is 11.7 Å². The minimum absolute atomic E-state index is 0.0561. The fourth-order valence-electron chi connectivity index (χ4n) is 3.34. The first kappa shape index (κ1) is 17.1. The molecule has 0 aliphatic rings. The van der Waals surface area contributed by atoms with Gasteiger partial charge in [0.2, 0.25) is 0 Å². The zero-order valence-electron chi connectivity index (χ0n) is 15.3. The van der Waals surface area contributed by atoms with Crippen molar-refractivity contribution >= 4 is 10.8 Å². The molecule has 0 fully saturated rings. The first-order chi connectivity index (χ1) is 13.2. The van der Waals surface area contributed by atoms with Gasteiger partial charge >= 0.3 is 0 Å². The van der Waals surface area contributed by atoms with Gasteiger partial charge in [0.1, 0.15) is 5.75 Å². The molecule has 0 saturated heterocycles. The Kier molecular flexibility index (Phi) is 4.75. The van der Waals surface area contributed by atoms with Crippen LogP contribution in [-0.2, 0) is 13.0 Å². The third-order valence-corrected chi connectivity index (χ3v) is 4.86. The summed E-state index contributed by atoms with van der Waals surface area (Å²) in [5, 5.41) is 1.70. The second-order valence-electron chi connectivity index (χ2n) is 6.58. The van der Waals surface area contributed by atoms with Gasteiger partial charge in [-0.2, -0.15) is 0 Å². The summed E-state index contributed by atoms with van der Waals surface area (Å²) >= 11 is 0. The number of pyridine rings is 1. The van der Waals surface area contributed by atoms with Crippen molar-refractivity contribution in [3.63, 3.8) is 0 Å². The number of hydrogen-bond donors (Lipinski definition) is 0. The lowest BCUT2D eigenvalue weighted by Gasteiger charge is -2.09. The van der Waals surface area contributed by atoms with E-state index in [9.17, 15) is 4.79 Å². The van der Waals surface area contributed by atoms with E-state index in [-0.39, 0.29) is 5.56 Å². The Balaban J connectivity index is 1.65. The standard InChI is InChI=1S/C24H21NO2/c1-27-22-9-5-8-19(17-22)20-10-11-23-21(16-20)13-15-25(24(23)26)14-12-18-6-3-2-4-7-18/h2-11,13,15-17H,12,14H2,1H3. The van der Waals surface area contributed by atoms with Gasteiger partial charge in [-0.3, -0.25) is 4.79 Å². The maximum absolute atomic E-state index is 12.8. The lowest BCUT2D eigenvalue weighted by molar-refractivity contribution is 0.415. The van der Waals surface area contributed by atoms with Crippen LogP contribution in [0.3, 0.4) is 0 Å². The number of nitrogens with zero attached hydrogens (tertiary/aromatic N) is 1. The highest BCUT2D eigenvalue weighted by molar-refractivity contribution is 5.86. The Morgan fingerprint density at radius 3 is 2.48 bits per heavy atom. The number of aryl methyl sites for hydroxylation is 2. The third-order valence-electron chi connectivity index (χ3n) is 4.86. The summed E-state index contributed by atoms with van der Waals surface area (Å²) in [7, 11) is 1.66. The van der Waals surface area contributed by atoms with Crippen molar-refractivity contribution in [2.75, 3.05) is 7.11 Å². The summed E-state index contributed by atoms with van der Waals surface area (Å²) < 4.78 is 7.10. The number of rotatable bonds is 5. The fraction of sp³-hybridized carbons (Fsp3) is 0.125. The lowest BCUT2D eigenvalue weighted by atomic mass is 10.0. The van der Waals surface area contributed by atoms with Gasteiger partial charge in [-0.05, 0) is 58.8 Å². The zero-order chi connectivity index (χ0) is 18.6. The molecule has 0 unspecified atom stereocenters. The van der Waals surface area contributed by atoms with E-state index in [0.29, 0.717) is 6.54 Å². The monoisotopic (exact) mass is 355 g/mol. The van der Waals surface area contributed by atoms with Gasteiger partial charge in [-0.15, -0.1) is 0 Å². The molecule has 0 aliphatic carbocycles. The smallest absolute Gasteiger partial charge is 0.258 e. The highest BCUT2D eigenvalue weighted by atomic mass is 16.5. The number of ether oxygens (including phenoxy) is 1. The van der Waals surface area contributed by atoms with Gasteiger partial charge in [-0.1, -0.05) is 48.5 Å². The Morgan fingerprint density at radius 2 is 1.67 bits per heavy atom. The van der Waals surface area contributed by atoms with E-state index < -0.39 is 0 Å². The summed E-state index contributed by atoms with van der Waals surface area (Å²) in [6.07, 6.45) is 2.73. The number of hydrogen-bond acceptors (Lipinski definition) is 2. The molecule has 4 aromatic rings. The number of fused-ring (bicyclic) bond motifs is 1. The number of aromatic nitrogens is 1.